The Morgan fingerprint density at radius 3 is 2.67 bits per heavy atom. The van der Waals surface area contributed by atoms with Crippen LogP contribution in [0, 0.1) is 5.82 Å². The molecule has 3 nitrogen and oxygen atoms in total. The third kappa shape index (κ3) is 1.72. The standard InChI is InChI=1S/C14H17FN2O/c1-9-14(18)17(10-5-4-6-10)13(16-9)11-7-2-3-8-12(11)15/h2-3,7-10,13,16H,4-6H2,1H3. The van der Waals surface area contributed by atoms with Gasteiger partial charge < -0.3 is 4.90 Å². The lowest BCUT2D eigenvalue weighted by Crippen LogP contribution is -2.44. The van der Waals surface area contributed by atoms with Crippen molar-refractivity contribution in [3.8, 4) is 0 Å². The molecule has 0 spiro atoms. The first-order valence-corrected chi connectivity index (χ1v) is 6.51. The molecule has 1 aliphatic carbocycles. The van der Waals surface area contributed by atoms with Crippen molar-refractivity contribution in [3.63, 3.8) is 0 Å². The lowest BCUT2D eigenvalue weighted by Gasteiger charge is -2.38. The number of amides is 1. The average molecular weight is 248 g/mol. The second-order valence-corrected chi connectivity index (χ2v) is 5.14. The Bertz CT molecular complexity index is 473. The average Bonchev–Trinajstić information content (AvgIpc) is 2.56. The number of rotatable bonds is 2. The first-order chi connectivity index (χ1) is 8.68. The fourth-order valence-electron chi connectivity index (χ4n) is 2.73. The van der Waals surface area contributed by atoms with Gasteiger partial charge in [-0.3, -0.25) is 10.1 Å². The van der Waals surface area contributed by atoms with Gasteiger partial charge in [-0.2, -0.15) is 0 Å². The van der Waals surface area contributed by atoms with Crippen LogP contribution < -0.4 is 5.32 Å². The van der Waals surface area contributed by atoms with Crippen LogP contribution in [0.4, 0.5) is 4.39 Å². The number of halogens is 1. The van der Waals surface area contributed by atoms with E-state index in [1.165, 1.54) is 6.07 Å². The molecule has 1 saturated carbocycles. The molecule has 18 heavy (non-hydrogen) atoms. The fourth-order valence-corrected chi connectivity index (χ4v) is 2.73. The predicted molar refractivity (Wildman–Crippen MR) is 66.2 cm³/mol. The number of nitrogens with zero attached hydrogens (tertiary/aromatic N) is 1. The van der Waals surface area contributed by atoms with E-state index in [1.54, 1.807) is 12.1 Å². The third-order valence-corrected chi connectivity index (χ3v) is 3.98. The summed E-state index contributed by atoms with van der Waals surface area (Å²) in [5, 5.41) is 3.20. The van der Waals surface area contributed by atoms with Crippen molar-refractivity contribution in [2.24, 2.45) is 0 Å². The normalized spacial score (nSPS) is 28.6. The summed E-state index contributed by atoms with van der Waals surface area (Å²) >= 11 is 0. The Morgan fingerprint density at radius 1 is 1.33 bits per heavy atom. The summed E-state index contributed by atoms with van der Waals surface area (Å²) in [6, 6.07) is 6.74. The predicted octanol–water partition coefficient (Wildman–Crippen LogP) is 2.20. The van der Waals surface area contributed by atoms with Gasteiger partial charge >= 0.3 is 0 Å². The fraction of sp³-hybridized carbons (Fsp3) is 0.500. The quantitative estimate of drug-likeness (QED) is 0.870. The van der Waals surface area contributed by atoms with E-state index in [4.69, 9.17) is 0 Å². The summed E-state index contributed by atoms with van der Waals surface area (Å²) in [5.74, 6) is -0.158. The van der Waals surface area contributed by atoms with E-state index in [1.807, 2.05) is 17.9 Å². The van der Waals surface area contributed by atoms with Gasteiger partial charge in [0.2, 0.25) is 5.91 Å². The van der Waals surface area contributed by atoms with Gasteiger partial charge in [-0.15, -0.1) is 0 Å². The Hall–Kier alpha value is -1.42. The van der Waals surface area contributed by atoms with Gasteiger partial charge in [-0.05, 0) is 32.3 Å². The first kappa shape index (κ1) is 11.7. The molecule has 2 aliphatic rings. The minimum absolute atomic E-state index is 0.0907. The van der Waals surface area contributed by atoms with Crippen molar-refractivity contribution < 1.29 is 9.18 Å². The van der Waals surface area contributed by atoms with Crippen LogP contribution in [0.2, 0.25) is 0 Å². The van der Waals surface area contributed by atoms with E-state index >= 15 is 0 Å². The molecule has 2 fully saturated rings. The van der Waals surface area contributed by atoms with Gasteiger partial charge in [0.25, 0.3) is 0 Å². The Morgan fingerprint density at radius 2 is 2.06 bits per heavy atom. The highest BCUT2D eigenvalue weighted by Gasteiger charge is 2.43. The van der Waals surface area contributed by atoms with Gasteiger partial charge in [-0.25, -0.2) is 4.39 Å². The van der Waals surface area contributed by atoms with E-state index < -0.39 is 0 Å². The number of hydrogen-bond donors (Lipinski definition) is 1. The zero-order chi connectivity index (χ0) is 12.7. The monoisotopic (exact) mass is 248 g/mol. The second kappa shape index (κ2) is 4.35. The molecule has 1 aliphatic heterocycles. The third-order valence-electron chi connectivity index (χ3n) is 3.98. The van der Waals surface area contributed by atoms with Crippen LogP contribution in [0.5, 0.6) is 0 Å². The zero-order valence-electron chi connectivity index (χ0n) is 10.4. The second-order valence-electron chi connectivity index (χ2n) is 5.14. The van der Waals surface area contributed by atoms with Gasteiger partial charge in [0.15, 0.2) is 0 Å². The SMILES string of the molecule is CC1NC(c2ccccc2F)N(C2CCC2)C1=O. The summed E-state index contributed by atoms with van der Waals surface area (Å²) < 4.78 is 13.9. The van der Waals surface area contributed by atoms with Gasteiger partial charge in [0.05, 0.1) is 6.04 Å². The number of carbonyl (C=O) groups is 1. The first-order valence-electron chi connectivity index (χ1n) is 6.51. The molecular formula is C14H17FN2O. The van der Waals surface area contributed by atoms with E-state index in [0.717, 1.165) is 19.3 Å². The molecule has 96 valence electrons. The van der Waals surface area contributed by atoms with Crippen LogP contribution in [0.15, 0.2) is 24.3 Å². The maximum Gasteiger partial charge on any atom is 0.241 e. The van der Waals surface area contributed by atoms with Crippen LogP contribution >= 0.6 is 0 Å². The van der Waals surface area contributed by atoms with Crippen molar-refractivity contribution in [3.05, 3.63) is 35.6 Å². The van der Waals surface area contributed by atoms with E-state index in [-0.39, 0.29) is 30.0 Å². The van der Waals surface area contributed by atoms with Crippen molar-refractivity contribution in [2.75, 3.05) is 0 Å². The molecule has 3 rings (SSSR count). The number of carbonyl (C=O) groups excluding carboxylic acids is 1. The highest BCUT2D eigenvalue weighted by Crippen LogP contribution is 2.35. The van der Waals surface area contributed by atoms with E-state index in [2.05, 4.69) is 5.32 Å². The van der Waals surface area contributed by atoms with Crippen LogP contribution in [-0.2, 0) is 4.79 Å². The van der Waals surface area contributed by atoms with Crippen LogP contribution in [0.3, 0.4) is 0 Å². The Labute approximate surface area is 106 Å². The van der Waals surface area contributed by atoms with Crippen molar-refractivity contribution in [2.45, 2.75) is 44.4 Å². The highest BCUT2D eigenvalue weighted by molar-refractivity contribution is 5.84. The minimum atomic E-state index is -0.306. The molecule has 1 aromatic rings. The highest BCUT2D eigenvalue weighted by atomic mass is 19.1. The van der Waals surface area contributed by atoms with Crippen LogP contribution in [0.1, 0.15) is 37.9 Å². The van der Waals surface area contributed by atoms with Crippen molar-refractivity contribution in [1.29, 1.82) is 0 Å². The molecule has 1 saturated heterocycles. The molecule has 1 amide bonds. The van der Waals surface area contributed by atoms with Crippen molar-refractivity contribution in [1.82, 2.24) is 10.2 Å². The number of benzene rings is 1. The molecule has 0 aromatic heterocycles. The Balaban J connectivity index is 1.94. The van der Waals surface area contributed by atoms with Gasteiger partial charge in [0.1, 0.15) is 12.0 Å². The number of hydrogen-bond acceptors (Lipinski definition) is 2. The molecule has 0 bridgehead atoms. The summed E-state index contributed by atoms with van der Waals surface area (Å²) in [5.41, 5.74) is 0.571. The van der Waals surface area contributed by atoms with Crippen molar-refractivity contribution >= 4 is 5.91 Å². The molecule has 1 N–H and O–H groups in total. The van der Waals surface area contributed by atoms with Gasteiger partial charge in [-0.1, -0.05) is 18.2 Å². The smallest absolute Gasteiger partial charge is 0.241 e. The zero-order valence-corrected chi connectivity index (χ0v) is 10.4. The maximum absolute atomic E-state index is 13.9. The summed E-state index contributed by atoms with van der Waals surface area (Å²) in [6.07, 6.45) is 2.92. The molecule has 0 radical (unpaired) electrons. The molecule has 1 aromatic carbocycles. The Kier molecular flexibility index (Phi) is 2.82. The molecule has 4 heteroatoms. The number of nitrogens with one attached hydrogen (secondary N) is 1. The summed E-state index contributed by atoms with van der Waals surface area (Å²) in [6.45, 7) is 1.84. The molecule has 2 atom stereocenters. The van der Waals surface area contributed by atoms with Crippen LogP contribution in [0.25, 0.3) is 0 Å². The minimum Gasteiger partial charge on any atom is -0.318 e. The topological polar surface area (TPSA) is 32.3 Å². The molecule has 1 heterocycles. The summed E-state index contributed by atoms with van der Waals surface area (Å²) in [4.78, 5) is 14.0. The largest absolute Gasteiger partial charge is 0.318 e. The van der Waals surface area contributed by atoms with Crippen LogP contribution in [-0.4, -0.2) is 22.9 Å². The summed E-state index contributed by atoms with van der Waals surface area (Å²) in [7, 11) is 0. The lowest BCUT2D eigenvalue weighted by molar-refractivity contribution is -0.133. The molecule has 2 unspecified atom stereocenters. The lowest BCUT2D eigenvalue weighted by atomic mass is 9.90. The van der Waals surface area contributed by atoms with Gasteiger partial charge in [0, 0.05) is 11.6 Å². The van der Waals surface area contributed by atoms with E-state index in [9.17, 15) is 9.18 Å². The van der Waals surface area contributed by atoms with E-state index in [0.29, 0.717) is 5.56 Å². The molecular weight excluding hydrogens is 231 g/mol. The maximum atomic E-state index is 13.9.